The molecule has 7 nitrogen and oxygen atoms in total. The van der Waals surface area contributed by atoms with E-state index >= 15 is 0 Å². The number of carbonyl (C=O) groups excluding carboxylic acids is 1. The van der Waals surface area contributed by atoms with Crippen LogP contribution in [0.2, 0.25) is 0 Å². The van der Waals surface area contributed by atoms with Crippen molar-refractivity contribution >= 4 is 33.4 Å². The number of fused-ring (bicyclic) bond motifs is 1. The lowest BCUT2D eigenvalue weighted by Gasteiger charge is -2.32. The number of nitrogens with zero attached hydrogens (tertiary/aromatic N) is 1. The number of carbonyl (C=O) groups is 1. The van der Waals surface area contributed by atoms with Crippen molar-refractivity contribution in [2.45, 2.75) is 42.4 Å². The quantitative estimate of drug-likeness (QED) is 0.696. The van der Waals surface area contributed by atoms with Crippen LogP contribution in [-0.2, 0) is 21.4 Å². The number of methoxy groups -OCH3 is 1. The van der Waals surface area contributed by atoms with Gasteiger partial charge in [0.05, 0.1) is 24.3 Å². The first-order chi connectivity index (χ1) is 14.2. The van der Waals surface area contributed by atoms with Crippen LogP contribution in [0.5, 0.6) is 11.5 Å². The van der Waals surface area contributed by atoms with E-state index < -0.39 is 10.0 Å². The molecule has 0 radical (unpaired) electrons. The van der Waals surface area contributed by atoms with Crippen molar-refractivity contribution in [2.24, 2.45) is 0 Å². The molecule has 0 aromatic heterocycles. The highest BCUT2D eigenvalue weighted by atomic mass is 32.2. The van der Waals surface area contributed by atoms with E-state index in [-0.39, 0.29) is 22.6 Å². The zero-order chi connectivity index (χ0) is 21.9. The molecule has 2 aromatic rings. The predicted molar refractivity (Wildman–Crippen MR) is 118 cm³/mol. The van der Waals surface area contributed by atoms with Crippen molar-refractivity contribution in [1.29, 1.82) is 0 Å². The zero-order valence-corrected chi connectivity index (χ0v) is 19.1. The fraction of sp³-hybridized carbons (Fsp3) is 0.381. The maximum absolute atomic E-state index is 12.9. The Bertz CT molecular complexity index is 1040. The number of rotatable bonds is 7. The van der Waals surface area contributed by atoms with E-state index in [9.17, 15) is 13.2 Å². The van der Waals surface area contributed by atoms with E-state index in [4.69, 9.17) is 9.47 Å². The minimum atomic E-state index is -3.76. The van der Waals surface area contributed by atoms with Gasteiger partial charge in [-0.15, -0.1) is 11.8 Å². The first kappa shape index (κ1) is 22.5. The van der Waals surface area contributed by atoms with Crippen LogP contribution in [0, 0.1) is 0 Å². The van der Waals surface area contributed by atoms with Crippen LogP contribution >= 0.6 is 11.8 Å². The molecule has 2 aromatic carbocycles. The molecule has 1 heterocycles. The van der Waals surface area contributed by atoms with Gasteiger partial charge in [-0.2, -0.15) is 0 Å². The molecule has 0 fully saturated rings. The van der Waals surface area contributed by atoms with E-state index in [2.05, 4.69) is 4.72 Å². The van der Waals surface area contributed by atoms with Gasteiger partial charge in [-0.05, 0) is 42.8 Å². The molecule has 1 amide bonds. The molecule has 0 aliphatic carbocycles. The second-order valence-electron chi connectivity index (χ2n) is 6.93. The first-order valence-electron chi connectivity index (χ1n) is 9.63. The molecule has 1 aliphatic rings. The third-order valence-electron chi connectivity index (χ3n) is 4.67. The summed E-state index contributed by atoms with van der Waals surface area (Å²) in [4.78, 5) is 14.7. The van der Waals surface area contributed by atoms with Gasteiger partial charge in [0, 0.05) is 30.2 Å². The molecule has 1 N–H and O–H groups in total. The van der Waals surface area contributed by atoms with Crippen LogP contribution in [0.15, 0.2) is 46.2 Å². The number of nitrogens with one attached hydrogen (secondary N) is 1. The van der Waals surface area contributed by atoms with Crippen molar-refractivity contribution in [2.75, 3.05) is 25.2 Å². The van der Waals surface area contributed by atoms with Gasteiger partial charge < -0.3 is 14.4 Å². The molecule has 162 valence electrons. The van der Waals surface area contributed by atoms with E-state index in [1.807, 2.05) is 13.8 Å². The maximum atomic E-state index is 12.9. The van der Waals surface area contributed by atoms with Crippen LogP contribution in [0.4, 0.5) is 5.69 Å². The van der Waals surface area contributed by atoms with Gasteiger partial charge in [-0.3, -0.25) is 4.79 Å². The predicted octanol–water partition coefficient (Wildman–Crippen LogP) is 3.42. The fourth-order valence-corrected chi connectivity index (χ4v) is 5.37. The first-order valence-corrected chi connectivity index (χ1v) is 12.0. The highest BCUT2D eigenvalue weighted by molar-refractivity contribution is 8.00. The smallest absolute Gasteiger partial charge is 0.240 e. The van der Waals surface area contributed by atoms with Gasteiger partial charge in [-0.25, -0.2) is 13.1 Å². The SMILES string of the molecule is CCOc1ccc(CNS(=O)(=O)c2ccc3c(c2)N(C(C)=O)CC(C)S3)cc1OC. The van der Waals surface area contributed by atoms with E-state index in [1.54, 1.807) is 60.2 Å². The Labute approximate surface area is 181 Å². The van der Waals surface area contributed by atoms with Crippen molar-refractivity contribution < 1.29 is 22.7 Å². The standard InChI is InChI=1S/C21H26N2O5S2/c1-5-28-19-8-6-16(10-20(19)27-4)12-22-30(25,26)17-7-9-21-18(11-17)23(15(3)24)13-14(2)29-21/h6-11,14,22H,5,12-13H2,1-4H3. The Morgan fingerprint density at radius 2 is 2.00 bits per heavy atom. The lowest BCUT2D eigenvalue weighted by molar-refractivity contribution is -0.116. The number of hydrogen-bond donors (Lipinski definition) is 1. The average molecular weight is 451 g/mol. The van der Waals surface area contributed by atoms with Crippen molar-refractivity contribution in [3.8, 4) is 11.5 Å². The van der Waals surface area contributed by atoms with E-state index in [0.717, 1.165) is 10.5 Å². The van der Waals surface area contributed by atoms with E-state index in [0.29, 0.717) is 30.3 Å². The summed E-state index contributed by atoms with van der Waals surface area (Å²) in [7, 11) is -2.22. The molecule has 3 rings (SSSR count). The largest absolute Gasteiger partial charge is 0.493 e. The Kier molecular flexibility index (Phi) is 6.95. The number of thioether (sulfide) groups is 1. The van der Waals surface area contributed by atoms with Crippen LogP contribution in [0.3, 0.4) is 0 Å². The summed E-state index contributed by atoms with van der Waals surface area (Å²) in [6.45, 7) is 6.58. The highest BCUT2D eigenvalue weighted by Crippen LogP contribution is 2.39. The summed E-state index contributed by atoms with van der Waals surface area (Å²) in [6, 6.07) is 10.2. The van der Waals surface area contributed by atoms with Gasteiger partial charge in [0.15, 0.2) is 11.5 Å². The number of ether oxygens (including phenoxy) is 2. The molecule has 1 atom stereocenters. The fourth-order valence-electron chi connectivity index (χ4n) is 3.24. The number of hydrogen-bond acceptors (Lipinski definition) is 6. The van der Waals surface area contributed by atoms with Gasteiger partial charge in [0.1, 0.15) is 0 Å². The molecular formula is C21H26N2O5S2. The minimum Gasteiger partial charge on any atom is -0.493 e. The van der Waals surface area contributed by atoms with Gasteiger partial charge in [0.25, 0.3) is 0 Å². The molecule has 9 heteroatoms. The number of amides is 1. The number of anilines is 1. The molecule has 30 heavy (non-hydrogen) atoms. The average Bonchev–Trinajstić information content (AvgIpc) is 2.72. The molecule has 1 unspecified atom stereocenters. The summed E-state index contributed by atoms with van der Waals surface area (Å²) in [5.74, 6) is 1.05. The topological polar surface area (TPSA) is 84.9 Å². The number of benzene rings is 2. The van der Waals surface area contributed by atoms with Gasteiger partial charge in [-0.1, -0.05) is 13.0 Å². The Morgan fingerprint density at radius 3 is 2.67 bits per heavy atom. The molecular weight excluding hydrogens is 424 g/mol. The summed E-state index contributed by atoms with van der Waals surface area (Å²) in [5, 5.41) is 0.247. The molecule has 0 spiro atoms. The summed E-state index contributed by atoms with van der Waals surface area (Å²) >= 11 is 1.64. The molecule has 0 saturated carbocycles. The van der Waals surface area contributed by atoms with Crippen LogP contribution in [-0.4, -0.2) is 39.8 Å². The second kappa shape index (κ2) is 9.28. The van der Waals surface area contributed by atoms with Gasteiger partial charge in [0.2, 0.25) is 15.9 Å². The third-order valence-corrected chi connectivity index (χ3v) is 7.22. The summed E-state index contributed by atoms with van der Waals surface area (Å²) in [5.41, 5.74) is 1.38. The van der Waals surface area contributed by atoms with Crippen molar-refractivity contribution in [3.05, 3.63) is 42.0 Å². The molecule has 0 saturated heterocycles. The zero-order valence-electron chi connectivity index (χ0n) is 17.5. The van der Waals surface area contributed by atoms with Crippen LogP contribution < -0.4 is 19.1 Å². The van der Waals surface area contributed by atoms with Crippen molar-refractivity contribution in [1.82, 2.24) is 4.72 Å². The third kappa shape index (κ3) is 4.91. The Morgan fingerprint density at radius 1 is 1.23 bits per heavy atom. The lowest BCUT2D eigenvalue weighted by atomic mass is 10.2. The van der Waals surface area contributed by atoms with Gasteiger partial charge >= 0.3 is 0 Å². The summed E-state index contributed by atoms with van der Waals surface area (Å²) < 4.78 is 39.2. The van der Waals surface area contributed by atoms with Crippen molar-refractivity contribution in [3.63, 3.8) is 0 Å². The monoisotopic (exact) mass is 450 g/mol. The minimum absolute atomic E-state index is 0.102. The highest BCUT2D eigenvalue weighted by Gasteiger charge is 2.27. The maximum Gasteiger partial charge on any atom is 0.240 e. The molecule has 0 bridgehead atoms. The Balaban J connectivity index is 1.81. The normalized spacial score (nSPS) is 16.1. The van der Waals surface area contributed by atoms with Crippen LogP contribution in [0.1, 0.15) is 26.3 Å². The lowest BCUT2D eigenvalue weighted by Crippen LogP contribution is -2.37. The summed E-state index contributed by atoms with van der Waals surface area (Å²) in [6.07, 6.45) is 0. The Hall–Kier alpha value is -2.23. The molecule has 1 aliphatic heterocycles. The van der Waals surface area contributed by atoms with Crippen LogP contribution in [0.25, 0.3) is 0 Å². The van der Waals surface area contributed by atoms with E-state index in [1.165, 1.54) is 6.92 Å². The number of sulfonamides is 1. The second-order valence-corrected chi connectivity index (χ2v) is 10.2.